The Balaban J connectivity index is 1.64. The van der Waals surface area contributed by atoms with E-state index in [1.54, 1.807) is 0 Å². The highest BCUT2D eigenvalue weighted by molar-refractivity contribution is 5.30. The van der Waals surface area contributed by atoms with E-state index >= 15 is 0 Å². The van der Waals surface area contributed by atoms with Gasteiger partial charge >= 0.3 is 6.01 Å². The Morgan fingerprint density at radius 3 is 2.95 bits per heavy atom. The summed E-state index contributed by atoms with van der Waals surface area (Å²) in [6.45, 7) is 1.19. The van der Waals surface area contributed by atoms with Gasteiger partial charge in [0.05, 0.1) is 18.8 Å². The zero-order valence-corrected chi connectivity index (χ0v) is 11.7. The minimum Gasteiger partial charge on any atom is -0.407 e. The van der Waals surface area contributed by atoms with Crippen molar-refractivity contribution >= 4 is 6.01 Å². The molecule has 0 amide bonds. The van der Waals surface area contributed by atoms with Gasteiger partial charge in [0.1, 0.15) is 0 Å². The summed E-state index contributed by atoms with van der Waals surface area (Å²) in [7, 11) is 1.84. The molecular formula is C13H20N6O. The Labute approximate surface area is 117 Å². The predicted molar refractivity (Wildman–Crippen MR) is 74.2 cm³/mol. The van der Waals surface area contributed by atoms with Gasteiger partial charge in [-0.25, -0.2) is 0 Å². The van der Waals surface area contributed by atoms with Gasteiger partial charge in [-0.15, -0.1) is 5.10 Å². The lowest BCUT2D eigenvalue weighted by atomic mass is 10.1. The summed E-state index contributed by atoms with van der Waals surface area (Å²) >= 11 is 0. The molecule has 7 heteroatoms. The van der Waals surface area contributed by atoms with Gasteiger partial charge in [-0.3, -0.25) is 5.10 Å². The summed E-state index contributed by atoms with van der Waals surface area (Å²) in [6.07, 6.45) is 6.00. The lowest BCUT2D eigenvalue weighted by Crippen LogP contribution is -2.05. The standard InChI is InChI=1S/C13H20N6O/c1-14-8-12-18-19-13(20-12)15-7-11-9-5-3-2-4-6-10(9)16-17-11/h14H,2-8H2,1H3,(H,15,19)(H,16,17). The van der Waals surface area contributed by atoms with Crippen LogP contribution in [-0.4, -0.2) is 27.4 Å². The molecule has 0 radical (unpaired) electrons. The first-order chi connectivity index (χ1) is 9.86. The highest BCUT2D eigenvalue weighted by Gasteiger charge is 2.16. The molecule has 2 aromatic heterocycles. The molecule has 20 heavy (non-hydrogen) atoms. The minimum absolute atomic E-state index is 0.445. The molecule has 0 unspecified atom stereocenters. The van der Waals surface area contributed by atoms with E-state index in [4.69, 9.17) is 4.42 Å². The third kappa shape index (κ3) is 2.82. The molecule has 0 atom stereocenters. The summed E-state index contributed by atoms with van der Waals surface area (Å²) in [6, 6.07) is 0.445. The van der Waals surface area contributed by atoms with Crippen LogP contribution in [0.25, 0.3) is 0 Å². The molecule has 2 aromatic rings. The normalized spacial score (nSPS) is 14.8. The third-order valence-corrected chi connectivity index (χ3v) is 3.59. The van der Waals surface area contributed by atoms with Crippen molar-refractivity contribution in [2.75, 3.05) is 12.4 Å². The fourth-order valence-corrected chi connectivity index (χ4v) is 2.58. The van der Waals surface area contributed by atoms with Crippen LogP contribution in [0, 0.1) is 0 Å². The molecule has 0 fully saturated rings. The maximum Gasteiger partial charge on any atom is 0.315 e. The SMILES string of the molecule is CNCc1nnc(NCc2n[nH]c3c2CCCCC3)o1. The van der Waals surface area contributed by atoms with Crippen molar-refractivity contribution < 1.29 is 4.42 Å². The van der Waals surface area contributed by atoms with Crippen LogP contribution >= 0.6 is 0 Å². The lowest BCUT2D eigenvalue weighted by Gasteiger charge is -2.02. The Morgan fingerprint density at radius 2 is 2.05 bits per heavy atom. The van der Waals surface area contributed by atoms with Gasteiger partial charge in [0.25, 0.3) is 0 Å². The molecule has 0 aliphatic heterocycles. The summed E-state index contributed by atoms with van der Waals surface area (Å²) in [4.78, 5) is 0. The molecule has 0 bridgehead atoms. The van der Waals surface area contributed by atoms with Crippen LogP contribution in [0.2, 0.25) is 0 Å². The third-order valence-electron chi connectivity index (χ3n) is 3.59. The van der Waals surface area contributed by atoms with Crippen LogP contribution in [-0.2, 0) is 25.9 Å². The topological polar surface area (TPSA) is 91.7 Å². The Kier molecular flexibility index (Phi) is 3.96. The molecule has 0 aromatic carbocycles. The van der Waals surface area contributed by atoms with Gasteiger partial charge in [0.2, 0.25) is 5.89 Å². The van der Waals surface area contributed by atoms with Gasteiger partial charge < -0.3 is 15.1 Å². The number of aromatic amines is 1. The number of hydrogen-bond acceptors (Lipinski definition) is 6. The largest absolute Gasteiger partial charge is 0.407 e. The van der Waals surface area contributed by atoms with Gasteiger partial charge in [-0.1, -0.05) is 11.5 Å². The highest BCUT2D eigenvalue weighted by Crippen LogP contribution is 2.22. The van der Waals surface area contributed by atoms with Gasteiger partial charge in [0.15, 0.2) is 0 Å². The van der Waals surface area contributed by atoms with Crippen molar-refractivity contribution in [2.24, 2.45) is 0 Å². The van der Waals surface area contributed by atoms with Crippen molar-refractivity contribution in [1.29, 1.82) is 0 Å². The first-order valence-corrected chi connectivity index (χ1v) is 7.12. The Bertz CT molecular complexity index is 561. The molecule has 0 saturated heterocycles. The van der Waals surface area contributed by atoms with Crippen molar-refractivity contribution in [1.82, 2.24) is 25.7 Å². The number of aromatic nitrogens is 4. The number of hydrogen-bond donors (Lipinski definition) is 3. The van der Waals surface area contributed by atoms with Crippen LogP contribution in [0.3, 0.4) is 0 Å². The monoisotopic (exact) mass is 276 g/mol. The van der Waals surface area contributed by atoms with E-state index in [1.807, 2.05) is 7.05 Å². The lowest BCUT2D eigenvalue weighted by molar-refractivity contribution is 0.489. The Morgan fingerprint density at radius 1 is 1.15 bits per heavy atom. The van der Waals surface area contributed by atoms with E-state index in [2.05, 4.69) is 31.0 Å². The molecule has 108 valence electrons. The van der Waals surface area contributed by atoms with Gasteiger partial charge in [0, 0.05) is 5.69 Å². The summed E-state index contributed by atoms with van der Waals surface area (Å²) in [5, 5.41) is 21.6. The van der Waals surface area contributed by atoms with Crippen LogP contribution < -0.4 is 10.6 Å². The zero-order chi connectivity index (χ0) is 13.8. The molecule has 3 N–H and O–H groups in total. The average Bonchev–Trinajstić information content (AvgIpc) is 2.98. The van der Waals surface area contributed by atoms with Crippen LogP contribution in [0.15, 0.2) is 4.42 Å². The van der Waals surface area contributed by atoms with E-state index in [0.717, 1.165) is 18.5 Å². The number of nitrogens with one attached hydrogen (secondary N) is 3. The molecule has 0 spiro atoms. The molecule has 0 saturated carbocycles. The second-order valence-electron chi connectivity index (χ2n) is 5.07. The van der Waals surface area contributed by atoms with E-state index in [9.17, 15) is 0 Å². The van der Waals surface area contributed by atoms with Crippen LogP contribution in [0.1, 0.15) is 42.1 Å². The van der Waals surface area contributed by atoms with Crippen molar-refractivity contribution in [3.05, 3.63) is 22.8 Å². The molecule has 7 nitrogen and oxygen atoms in total. The number of aryl methyl sites for hydroxylation is 1. The zero-order valence-electron chi connectivity index (χ0n) is 11.7. The summed E-state index contributed by atoms with van der Waals surface area (Å²) in [5.41, 5.74) is 3.72. The predicted octanol–water partition coefficient (Wildman–Crippen LogP) is 1.39. The molecular weight excluding hydrogens is 256 g/mol. The fourth-order valence-electron chi connectivity index (χ4n) is 2.58. The fraction of sp³-hybridized carbons (Fsp3) is 0.615. The number of H-pyrrole nitrogens is 1. The van der Waals surface area contributed by atoms with Crippen LogP contribution in [0.5, 0.6) is 0 Å². The maximum absolute atomic E-state index is 5.46. The summed E-state index contributed by atoms with van der Waals surface area (Å²) in [5.74, 6) is 0.579. The van der Waals surface area contributed by atoms with Crippen molar-refractivity contribution in [3.8, 4) is 0 Å². The first-order valence-electron chi connectivity index (χ1n) is 7.12. The van der Waals surface area contributed by atoms with E-state index < -0.39 is 0 Å². The first kappa shape index (κ1) is 13.1. The number of anilines is 1. The molecule has 1 aliphatic rings. The van der Waals surface area contributed by atoms with Gasteiger partial charge in [-0.05, 0) is 38.3 Å². The quantitative estimate of drug-likeness (QED) is 0.715. The smallest absolute Gasteiger partial charge is 0.315 e. The van der Waals surface area contributed by atoms with Crippen LogP contribution in [0.4, 0.5) is 6.01 Å². The van der Waals surface area contributed by atoms with E-state index in [0.29, 0.717) is 25.0 Å². The molecule has 2 heterocycles. The highest BCUT2D eigenvalue weighted by atomic mass is 16.4. The number of nitrogens with zero attached hydrogens (tertiary/aromatic N) is 3. The second-order valence-corrected chi connectivity index (χ2v) is 5.07. The average molecular weight is 276 g/mol. The number of fused-ring (bicyclic) bond motifs is 1. The summed E-state index contributed by atoms with van der Waals surface area (Å²) < 4.78 is 5.46. The second kappa shape index (κ2) is 6.04. The maximum atomic E-state index is 5.46. The minimum atomic E-state index is 0.445. The molecule has 1 aliphatic carbocycles. The van der Waals surface area contributed by atoms with Crippen molar-refractivity contribution in [2.45, 2.75) is 45.2 Å². The van der Waals surface area contributed by atoms with Crippen molar-refractivity contribution in [3.63, 3.8) is 0 Å². The Hall–Kier alpha value is -1.89. The van der Waals surface area contributed by atoms with E-state index in [-0.39, 0.29) is 0 Å². The molecule has 3 rings (SSSR count). The number of rotatable bonds is 5. The van der Waals surface area contributed by atoms with Gasteiger partial charge in [-0.2, -0.15) is 5.10 Å². The van der Waals surface area contributed by atoms with E-state index in [1.165, 1.54) is 30.5 Å².